The van der Waals surface area contributed by atoms with Gasteiger partial charge in [0.1, 0.15) is 6.07 Å². The number of allylic oxidation sites excluding steroid dienone is 1. The normalized spacial score (nSPS) is 11.5. The molecule has 0 amide bonds. The molecule has 0 unspecified atom stereocenters. The maximum Gasteiger partial charge on any atom is 0.259 e. The van der Waals surface area contributed by atoms with E-state index in [1.807, 2.05) is 26.0 Å². The van der Waals surface area contributed by atoms with Gasteiger partial charge in [0.15, 0.2) is 5.82 Å². The summed E-state index contributed by atoms with van der Waals surface area (Å²) >= 11 is 0. The van der Waals surface area contributed by atoms with Crippen LogP contribution in [0.15, 0.2) is 41.2 Å². The van der Waals surface area contributed by atoms with Gasteiger partial charge in [-0.15, -0.1) is 0 Å². The minimum atomic E-state index is -0.242. The Labute approximate surface area is 140 Å². The molecular formula is C20H17N3O. The van der Waals surface area contributed by atoms with E-state index in [4.69, 9.17) is 0 Å². The number of nitrogens with zero attached hydrogens (tertiary/aromatic N) is 2. The van der Waals surface area contributed by atoms with Crippen molar-refractivity contribution in [1.82, 2.24) is 9.97 Å². The van der Waals surface area contributed by atoms with Gasteiger partial charge in [-0.25, -0.2) is 4.98 Å². The molecule has 0 aliphatic heterocycles. The van der Waals surface area contributed by atoms with E-state index >= 15 is 0 Å². The lowest BCUT2D eigenvalue weighted by atomic mass is 9.99. The summed E-state index contributed by atoms with van der Waals surface area (Å²) in [5.41, 5.74) is 5.07. The largest absolute Gasteiger partial charge is 0.305 e. The third kappa shape index (κ3) is 2.84. The number of fused-ring (bicyclic) bond motifs is 1. The van der Waals surface area contributed by atoms with Gasteiger partial charge in [-0.05, 0) is 61.2 Å². The molecule has 1 aromatic heterocycles. The summed E-state index contributed by atoms with van der Waals surface area (Å²) in [6.07, 6.45) is 1.77. The van der Waals surface area contributed by atoms with Gasteiger partial charge in [0.05, 0.1) is 16.5 Å². The Morgan fingerprint density at radius 1 is 1.12 bits per heavy atom. The first-order chi connectivity index (χ1) is 11.5. The molecule has 3 rings (SSSR count). The third-order valence-corrected chi connectivity index (χ3v) is 4.17. The van der Waals surface area contributed by atoms with Crippen LogP contribution >= 0.6 is 0 Å². The highest BCUT2D eigenvalue weighted by Gasteiger charge is 2.09. The Bertz CT molecular complexity index is 1070. The number of rotatable bonds is 2. The van der Waals surface area contributed by atoms with Crippen molar-refractivity contribution >= 4 is 22.6 Å². The molecule has 2 aromatic carbocycles. The lowest BCUT2D eigenvalue weighted by Gasteiger charge is -2.07. The van der Waals surface area contributed by atoms with Crippen LogP contribution in [0, 0.1) is 32.1 Å². The van der Waals surface area contributed by atoms with Crippen LogP contribution in [0.5, 0.6) is 0 Å². The second-order valence-electron chi connectivity index (χ2n) is 5.89. The van der Waals surface area contributed by atoms with Crippen molar-refractivity contribution in [3.05, 3.63) is 74.8 Å². The van der Waals surface area contributed by atoms with Gasteiger partial charge in [0, 0.05) is 0 Å². The summed E-state index contributed by atoms with van der Waals surface area (Å²) in [7, 11) is 0. The van der Waals surface area contributed by atoms with E-state index in [2.05, 4.69) is 29.0 Å². The van der Waals surface area contributed by atoms with Crippen molar-refractivity contribution in [3.8, 4) is 6.07 Å². The van der Waals surface area contributed by atoms with E-state index in [9.17, 15) is 10.1 Å². The Morgan fingerprint density at radius 3 is 2.58 bits per heavy atom. The molecule has 0 bridgehead atoms. The Hall–Kier alpha value is -3.19. The summed E-state index contributed by atoms with van der Waals surface area (Å²) in [6, 6.07) is 13.4. The number of nitrogens with one attached hydrogen (secondary N) is 1. The average molecular weight is 315 g/mol. The number of hydrogen-bond donors (Lipinski definition) is 1. The van der Waals surface area contributed by atoms with Gasteiger partial charge in [0.25, 0.3) is 5.56 Å². The molecule has 4 heteroatoms. The Balaban J connectivity index is 2.18. The summed E-state index contributed by atoms with van der Waals surface area (Å²) in [5, 5.41) is 10.1. The number of aryl methyl sites for hydroxylation is 3. The number of H-pyrrole nitrogens is 1. The average Bonchev–Trinajstić information content (AvgIpc) is 2.57. The van der Waals surface area contributed by atoms with Crippen molar-refractivity contribution in [2.24, 2.45) is 0 Å². The second-order valence-corrected chi connectivity index (χ2v) is 5.89. The van der Waals surface area contributed by atoms with Crippen molar-refractivity contribution in [1.29, 1.82) is 5.26 Å². The quantitative estimate of drug-likeness (QED) is 0.729. The third-order valence-electron chi connectivity index (χ3n) is 4.17. The fourth-order valence-electron chi connectivity index (χ4n) is 2.66. The second kappa shape index (κ2) is 6.13. The van der Waals surface area contributed by atoms with Crippen LogP contribution in [0.4, 0.5) is 0 Å². The van der Waals surface area contributed by atoms with Gasteiger partial charge in [-0.3, -0.25) is 4.79 Å². The number of nitriles is 1. The van der Waals surface area contributed by atoms with Crippen molar-refractivity contribution in [2.75, 3.05) is 0 Å². The number of aromatic amines is 1. The van der Waals surface area contributed by atoms with Gasteiger partial charge in [0.2, 0.25) is 0 Å². The molecular weight excluding hydrogens is 298 g/mol. The smallest absolute Gasteiger partial charge is 0.259 e. The van der Waals surface area contributed by atoms with Crippen LogP contribution < -0.4 is 5.56 Å². The van der Waals surface area contributed by atoms with Gasteiger partial charge in [-0.1, -0.05) is 24.3 Å². The molecule has 0 fully saturated rings. The predicted molar refractivity (Wildman–Crippen MR) is 96.5 cm³/mol. The first-order valence-corrected chi connectivity index (χ1v) is 7.68. The van der Waals surface area contributed by atoms with Gasteiger partial charge < -0.3 is 4.98 Å². The molecule has 0 aliphatic carbocycles. The van der Waals surface area contributed by atoms with Crippen LogP contribution in [-0.2, 0) is 0 Å². The molecule has 0 saturated carbocycles. The summed E-state index contributed by atoms with van der Waals surface area (Å²) in [4.78, 5) is 19.3. The molecule has 24 heavy (non-hydrogen) atoms. The maximum atomic E-state index is 12.2. The molecule has 0 saturated heterocycles. The molecule has 0 spiro atoms. The monoisotopic (exact) mass is 315 g/mol. The highest BCUT2D eigenvalue weighted by atomic mass is 16.1. The molecule has 0 aliphatic rings. The molecule has 3 aromatic rings. The number of aromatic nitrogens is 2. The number of hydrogen-bond acceptors (Lipinski definition) is 3. The van der Waals surface area contributed by atoms with Crippen molar-refractivity contribution in [3.63, 3.8) is 0 Å². The van der Waals surface area contributed by atoms with Crippen LogP contribution in [-0.4, -0.2) is 9.97 Å². The van der Waals surface area contributed by atoms with Gasteiger partial charge in [-0.2, -0.15) is 5.26 Å². The highest BCUT2D eigenvalue weighted by Crippen LogP contribution is 2.21. The molecule has 1 N–H and O–H groups in total. The minimum Gasteiger partial charge on any atom is -0.305 e. The van der Waals surface area contributed by atoms with E-state index in [0.29, 0.717) is 22.3 Å². The fraction of sp³-hybridized carbons (Fsp3) is 0.150. The van der Waals surface area contributed by atoms with Crippen LogP contribution in [0.2, 0.25) is 0 Å². The predicted octanol–water partition coefficient (Wildman–Crippen LogP) is 3.91. The summed E-state index contributed by atoms with van der Waals surface area (Å²) in [5.74, 6) is 0.291. The van der Waals surface area contributed by atoms with Gasteiger partial charge >= 0.3 is 0 Å². The lowest BCUT2D eigenvalue weighted by Crippen LogP contribution is -2.11. The zero-order valence-electron chi connectivity index (χ0n) is 13.8. The SMILES string of the molecule is Cc1cc(C)c(/C=C(\C#N)c2nc3ccccc3c(=O)[nH]2)cc1C. The first kappa shape index (κ1) is 15.7. The molecule has 118 valence electrons. The lowest BCUT2D eigenvalue weighted by molar-refractivity contribution is 1.13. The maximum absolute atomic E-state index is 12.2. The topological polar surface area (TPSA) is 69.5 Å². The Morgan fingerprint density at radius 2 is 1.83 bits per heavy atom. The summed E-state index contributed by atoms with van der Waals surface area (Å²) < 4.78 is 0. The van der Waals surface area contributed by atoms with Crippen LogP contribution in [0.25, 0.3) is 22.6 Å². The molecule has 0 atom stereocenters. The molecule has 4 nitrogen and oxygen atoms in total. The van der Waals surface area contributed by atoms with E-state index in [1.54, 1.807) is 24.3 Å². The zero-order valence-corrected chi connectivity index (χ0v) is 13.8. The fourth-order valence-corrected chi connectivity index (χ4v) is 2.66. The molecule has 1 heterocycles. The van der Waals surface area contributed by atoms with Crippen molar-refractivity contribution < 1.29 is 0 Å². The van der Waals surface area contributed by atoms with Crippen LogP contribution in [0.1, 0.15) is 28.1 Å². The van der Waals surface area contributed by atoms with E-state index in [0.717, 1.165) is 16.7 Å². The van der Waals surface area contributed by atoms with E-state index in [-0.39, 0.29) is 5.56 Å². The number of benzene rings is 2. The number of para-hydroxylation sites is 1. The van der Waals surface area contributed by atoms with E-state index < -0.39 is 0 Å². The molecule has 0 radical (unpaired) electrons. The minimum absolute atomic E-state index is 0.242. The standard InChI is InChI=1S/C20H17N3O/c1-12-8-14(3)15(9-13(12)2)10-16(11-21)19-22-18-7-5-4-6-17(18)20(24)23-19/h4-10H,1-3H3,(H,22,23,24)/b16-10+. The first-order valence-electron chi connectivity index (χ1n) is 7.68. The van der Waals surface area contributed by atoms with Crippen molar-refractivity contribution in [2.45, 2.75) is 20.8 Å². The van der Waals surface area contributed by atoms with E-state index in [1.165, 1.54) is 5.56 Å². The highest BCUT2D eigenvalue weighted by molar-refractivity contribution is 5.89. The zero-order chi connectivity index (χ0) is 17.3. The van der Waals surface area contributed by atoms with Crippen LogP contribution in [0.3, 0.4) is 0 Å². The Kier molecular flexibility index (Phi) is 4.01. The summed E-state index contributed by atoms with van der Waals surface area (Å²) in [6.45, 7) is 6.10.